The predicted octanol–water partition coefficient (Wildman–Crippen LogP) is 9.21. The zero-order chi connectivity index (χ0) is 35.5. The van der Waals surface area contributed by atoms with E-state index >= 15 is 0 Å². The highest BCUT2D eigenvalue weighted by atomic mass is 28.2. The summed E-state index contributed by atoms with van der Waals surface area (Å²) in [7, 11) is 0.619. The Kier molecular flexibility index (Phi) is 7.53. The largest absolute Gasteiger partial charge is 0.309 e. The first kappa shape index (κ1) is 31.7. The Balaban J connectivity index is 1.04. The Bertz CT molecular complexity index is 2690. The number of hydrazine groups is 1. The summed E-state index contributed by atoms with van der Waals surface area (Å²) in [5, 5.41) is 7.50. The number of para-hydroxylation sites is 1. The number of rotatable bonds is 7. The van der Waals surface area contributed by atoms with Gasteiger partial charge in [0.2, 0.25) is 0 Å². The molecular formula is C48H38N4Si. The number of fused-ring (bicyclic) bond motifs is 6. The van der Waals surface area contributed by atoms with Crippen LogP contribution in [0.2, 0.25) is 0 Å². The van der Waals surface area contributed by atoms with Gasteiger partial charge in [0.1, 0.15) is 21.5 Å². The Labute approximate surface area is 312 Å². The van der Waals surface area contributed by atoms with E-state index < -0.39 is 0 Å². The van der Waals surface area contributed by atoms with Crippen LogP contribution in [0.1, 0.15) is 47.8 Å². The summed E-state index contributed by atoms with van der Waals surface area (Å²) in [4.78, 5) is 5.36. The zero-order valence-corrected chi connectivity index (χ0v) is 30.8. The smallest absolute Gasteiger partial charge is 0.147 e. The second kappa shape index (κ2) is 12.6. The molecule has 1 N–H and O–H groups in total. The highest BCUT2D eigenvalue weighted by molar-refractivity contribution is 6.67. The Hall–Kier alpha value is -6.01. The second-order valence-corrected chi connectivity index (χ2v) is 16.1. The van der Waals surface area contributed by atoms with Crippen LogP contribution in [0.5, 0.6) is 0 Å². The highest BCUT2D eigenvalue weighted by Crippen LogP contribution is 2.51. The molecule has 4 nitrogen and oxygen atoms in total. The lowest BCUT2D eigenvalue weighted by atomic mass is 9.82. The van der Waals surface area contributed by atoms with Crippen molar-refractivity contribution in [2.45, 2.75) is 32.0 Å². The molecule has 0 fully saturated rings. The van der Waals surface area contributed by atoms with Gasteiger partial charge in [-0.05, 0) is 63.7 Å². The van der Waals surface area contributed by atoms with E-state index in [0.717, 1.165) is 29.2 Å². The summed E-state index contributed by atoms with van der Waals surface area (Å²) in [6.45, 7) is 5.43. The molecule has 53 heavy (non-hydrogen) atoms. The van der Waals surface area contributed by atoms with Crippen LogP contribution >= 0.6 is 0 Å². The Morgan fingerprint density at radius 1 is 0.604 bits per heavy atom. The van der Waals surface area contributed by atoms with Crippen LogP contribution in [0.3, 0.4) is 0 Å². The summed E-state index contributed by atoms with van der Waals surface area (Å²) in [5.74, 6) is 0.875. The van der Waals surface area contributed by atoms with Crippen molar-refractivity contribution in [2.75, 3.05) is 0 Å². The summed E-state index contributed by atoms with van der Waals surface area (Å²) in [6.07, 6.45) is -0.158. The van der Waals surface area contributed by atoms with E-state index in [1.54, 1.807) is 0 Å². The molecule has 254 valence electrons. The fourth-order valence-corrected chi connectivity index (χ4v) is 9.56. The SMILES string of the molecule is CC1(C)c2ccccc2-c2cc3c(cc21)c1ccccc1n3-c1cccc(C2=NC(c3ccccc3)N(Cc3cccc([Si]c4ccccc4)c3)N2)c1. The van der Waals surface area contributed by atoms with Crippen LogP contribution in [-0.2, 0) is 12.0 Å². The summed E-state index contributed by atoms with van der Waals surface area (Å²) < 4.78 is 2.43. The van der Waals surface area contributed by atoms with Crippen molar-refractivity contribution in [2.24, 2.45) is 4.99 Å². The number of nitrogens with one attached hydrogen (secondary N) is 1. The average molecular weight is 699 g/mol. The van der Waals surface area contributed by atoms with Crippen molar-refractivity contribution < 1.29 is 0 Å². The van der Waals surface area contributed by atoms with Gasteiger partial charge in [0.15, 0.2) is 0 Å². The van der Waals surface area contributed by atoms with E-state index in [4.69, 9.17) is 4.99 Å². The lowest BCUT2D eigenvalue weighted by molar-refractivity contribution is 0.181. The van der Waals surface area contributed by atoms with Crippen LogP contribution in [-0.4, -0.2) is 24.9 Å². The molecule has 1 unspecified atom stereocenters. The molecule has 2 radical (unpaired) electrons. The van der Waals surface area contributed by atoms with E-state index in [0.29, 0.717) is 9.52 Å². The summed E-state index contributed by atoms with van der Waals surface area (Å²) in [6, 6.07) is 61.7. The third-order valence-electron chi connectivity index (χ3n) is 11.0. The number of hydrogen-bond donors (Lipinski definition) is 1. The number of amidine groups is 1. The molecule has 1 aliphatic heterocycles. The van der Waals surface area contributed by atoms with E-state index in [1.807, 2.05) is 0 Å². The van der Waals surface area contributed by atoms with Crippen LogP contribution < -0.4 is 15.8 Å². The Morgan fingerprint density at radius 3 is 2.21 bits per heavy atom. The standard InChI is InChI=1S/C48H38N4Si/c1-48(2)42-25-11-9-23-38(42)40-30-45-41(29-43(40)48)39-24-10-12-26-44(39)52(45)35-19-14-18-34(28-35)46-49-47(33-16-5-3-6-17-33)51(50-46)31-32-15-13-22-37(27-32)53-36-20-7-4-8-21-36/h3-30,47H,31H2,1-2H3,(H,49,50). The quantitative estimate of drug-likeness (QED) is 0.169. The highest BCUT2D eigenvalue weighted by Gasteiger charge is 2.36. The van der Waals surface area contributed by atoms with E-state index in [9.17, 15) is 0 Å². The molecule has 0 amide bonds. The van der Waals surface area contributed by atoms with Crippen molar-refractivity contribution in [1.82, 2.24) is 15.0 Å². The monoisotopic (exact) mass is 698 g/mol. The lowest BCUT2D eigenvalue weighted by Gasteiger charge is -2.24. The first-order valence-electron chi connectivity index (χ1n) is 18.4. The van der Waals surface area contributed by atoms with Gasteiger partial charge in [0, 0.05) is 34.0 Å². The molecule has 0 saturated heterocycles. The minimum atomic E-state index is -0.158. The van der Waals surface area contributed by atoms with E-state index in [2.05, 4.69) is 199 Å². The van der Waals surface area contributed by atoms with Crippen LogP contribution in [0, 0.1) is 0 Å². The van der Waals surface area contributed by atoms with Gasteiger partial charge < -0.3 is 9.99 Å². The van der Waals surface area contributed by atoms with E-state index in [1.165, 1.54) is 60.0 Å². The molecule has 7 aromatic carbocycles. The van der Waals surface area contributed by atoms with E-state index in [-0.39, 0.29) is 11.6 Å². The van der Waals surface area contributed by atoms with Gasteiger partial charge >= 0.3 is 0 Å². The first-order valence-corrected chi connectivity index (χ1v) is 19.4. The maximum atomic E-state index is 5.36. The lowest BCUT2D eigenvalue weighted by Crippen LogP contribution is -2.37. The number of benzene rings is 7. The third-order valence-corrected chi connectivity index (χ3v) is 12.2. The number of aromatic nitrogens is 1. The average Bonchev–Trinajstić information content (AvgIpc) is 3.83. The molecular weight excluding hydrogens is 661 g/mol. The maximum Gasteiger partial charge on any atom is 0.147 e. The van der Waals surface area contributed by atoms with Crippen molar-refractivity contribution in [3.63, 3.8) is 0 Å². The Morgan fingerprint density at radius 2 is 1.34 bits per heavy atom. The molecule has 1 aliphatic carbocycles. The summed E-state index contributed by atoms with van der Waals surface area (Å²) >= 11 is 0. The van der Waals surface area contributed by atoms with Crippen molar-refractivity contribution in [3.05, 3.63) is 198 Å². The minimum Gasteiger partial charge on any atom is -0.309 e. The topological polar surface area (TPSA) is 32.6 Å². The predicted molar refractivity (Wildman–Crippen MR) is 221 cm³/mol. The van der Waals surface area contributed by atoms with Crippen LogP contribution in [0.15, 0.2) is 175 Å². The number of aliphatic imine (C=N–C) groups is 1. The van der Waals surface area contributed by atoms with Gasteiger partial charge in [-0.3, -0.25) is 0 Å². The molecule has 0 saturated carbocycles. The molecule has 8 aromatic rings. The third kappa shape index (κ3) is 5.43. The van der Waals surface area contributed by atoms with Crippen LogP contribution in [0.4, 0.5) is 0 Å². The molecule has 5 heteroatoms. The maximum absolute atomic E-state index is 5.36. The van der Waals surface area contributed by atoms with Crippen molar-refractivity contribution in [3.8, 4) is 16.8 Å². The molecule has 1 atom stereocenters. The summed E-state index contributed by atoms with van der Waals surface area (Å²) in [5.41, 5.74) is 16.2. The van der Waals surface area contributed by atoms with Gasteiger partial charge in [0.25, 0.3) is 0 Å². The zero-order valence-electron chi connectivity index (χ0n) is 29.8. The van der Waals surface area contributed by atoms with Crippen molar-refractivity contribution >= 4 is 47.5 Å². The molecule has 1 aromatic heterocycles. The molecule has 0 spiro atoms. The fourth-order valence-electron chi connectivity index (χ4n) is 8.43. The van der Waals surface area contributed by atoms with Gasteiger partial charge in [-0.15, -0.1) is 0 Å². The van der Waals surface area contributed by atoms with Crippen molar-refractivity contribution in [1.29, 1.82) is 0 Å². The molecule has 10 rings (SSSR count). The molecule has 2 heterocycles. The number of nitrogens with zero attached hydrogens (tertiary/aromatic N) is 3. The molecule has 2 aliphatic rings. The van der Waals surface area contributed by atoms with Gasteiger partial charge in [0.05, 0.1) is 11.0 Å². The normalized spacial score (nSPS) is 16.0. The number of hydrogen-bond acceptors (Lipinski definition) is 3. The van der Waals surface area contributed by atoms with Gasteiger partial charge in [-0.1, -0.05) is 164 Å². The first-order chi connectivity index (χ1) is 26.0. The second-order valence-electron chi connectivity index (χ2n) is 14.7. The van der Waals surface area contributed by atoms with Gasteiger partial charge in [-0.2, -0.15) is 5.01 Å². The molecule has 0 bridgehead atoms. The van der Waals surface area contributed by atoms with Gasteiger partial charge in [-0.25, -0.2) is 4.99 Å². The minimum absolute atomic E-state index is 0.0553. The fraction of sp³-hybridized carbons (Fsp3) is 0.104. The van der Waals surface area contributed by atoms with Crippen LogP contribution in [0.25, 0.3) is 38.6 Å².